The summed E-state index contributed by atoms with van der Waals surface area (Å²) >= 11 is 0. The Kier molecular flexibility index (Phi) is 5.20. The van der Waals surface area contributed by atoms with Crippen molar-refractivity contribution in [1.29, 1.82) is 0 Å². The van der Waals surface area contributed by atoms with E-state index >= 15 is 0 Å². The minimum atomic E-state index is -0.115. The molecule has 0 spiro atoms. The maximum atomic E-state index is 11.8. The van der Waals surface area contributed by atoms with Gasteiger partial charge in [-0.05, 0) is 22.8 Å². The Hall–Kier alpha value is -0.570. The van der Waals surface area contributed by atoms with Crippen LogP contribution in [0, 0.1) is 16.2 Å². The molecule has 3 N–H and O–H groups in total. The summed E-state index contributed by atoms with van der Waals surface area (Å²) in [5.41, 5.74) is 5.76. The highest BCUT2D eigenvalue weighted by Gasteiger charge is 2.33. The van der Waals surface area contributed by atoms with Gasteiger partial charge in [-0.1, -0.05) is 48.5 Å². The van der Waals surface area contributed by atoms with Gasteiger partial charge < -0.3 is 11.1 Å². The number of nitrogens with two attached hydrogens (primary N) is 1. The Morgan fingerprint density at radius 1 is 1.06 bits per heavy atom. The Balaban J connectivity index is 4.27. The van der Waals surface area contributed by atoms with Crippen LogP contribution in [0.25, 0.3) is 0 Å². The molecule has 1 amide bonds. The molecule has 0 aliphatic heterocycles. The Bertz CT molecular complexity index is 262. The molecule has 0 aromatic rings. The summed E-state index contributed by atoms with van der Waals surface area (Å²) in [6.07, 6.45) is 0.490. The van der Waals surface area contributed by atoms with Gasteiger partial charge in [-0.3, -0.25) is 4.79 Å². The molecule has 17 heavy (non-hydrogen) atoms. The molecule has 0 saturated heterocycles. The summed E-state index contributed by atoms with van der Waals surface area (Å²) in [6.45, 7) is 16.2. The van der Waals surface area contributed by atoms with Gasteiger partial charge in [-0.25, -0.2) is 0 Å². The highest BCUT2D eigenvalue weighted by Crippen LogP contribution is 2.37. The molecule has 0 aromatic carbocycles. The minimum Gasteiger partial charge on any atom is -0.356 e. The number of carbonyl (C=O) groups is 1. The van der Waals surface area contributed by atoms with Crippen molar-refractivity contribution in [2.24, 2.45) is 22.0 Å². The summed E-state index contributed by atoms with van der Waals surface area (Å²) in [7, 11) is 0. The van der Waals surface area contributed by atoms with Crippen LogP contribution in [0.3, 0.4) is 0 Å². The summed E-state index contributed by atoms with van der Waals surface area (Å²) in [5, 5.41) is 3.03. The molecule has 0 heterocycles. The smallest absolute Gasteiger partial charge is 0.220 e. The third-order valence-electron chi connectivity index (χ3n) is 3.95. The first-order chi connectivity index (χ1) is 7.41. The van der Waals surface area contributed by atoms with E-state index in [4.69, 9.17) is 5.73 Å². The molecule has 0 atom stereocenters. The maximum absolute atomic E-state index is 11.8. The summed E-state index contributed by atoms with van der Waals surface area (Å²) in [6, 6.07) is 0. The van der Waals surface area contributed by atoms with Crippen LogP contribution in [0.1, 0.15) is 54.9 Å². The van der Waals surface area contributed by atoms with Crippen molar-refractivity contribution in [1.82, 2.24) is 5.32 Å². The fourth-order valence-electron chi connectivity index (χ4n) is 1.15. The minimum absolute atomic E-state index is 0.0789. The molecule has 0 saturated carbocycles. The zero-order valence-corrected chi connectivity index (χ0v) is 12.6. The highest BCUT2D eigenvalue weighted by molar-refractivity contribution is 5.76. The summed E-state index contributed by atoms with van der Waals surface area (Å²) in [5.74, 6) is 0.0952. The van der Waals surface area contributed by atoms with Crippen LogP contribution in [0.2, 0.25) is 0 Å². The fraction of sp³-hybridized carbons (Fsp3) is 0.929. The second-order valence-electron chi connectivity index (χ2n) is 7.46. The standard InChI is InChI=1S/C14H30N2O/c1-12(2,3)14(6,7)10-16-11(17)8-13(4,5)9-15/h8-10,15H2,1-7H3,(H,16,17). The third-order valence-corrected chi connectivity index (χ3v) is 3.95. The van der Waals surface area contributed by atoms with Gasteiger partial charge >= 0.3 is 0 Å². The number of amides is 1. The lowest BCUT2D eigenvalue weighted by molar-refractivity contribution is -0.123. The molecule has 0 unspecified atom stereocenters. The average molecular weight is 242 g/mol. The number of rotatable bonds is 5. The molecule has 0 rings (SSSR count). The van der Waals surface area contributed by atoms with Crippen LogP contribution in [-0.4, -0.2) is 19.0 Å². The third kappa shape index (κ3) is 5.53. The Labute approximate surface area is 107 Å². The summed E-state index contributed by atoms with van der Waals surface area (Å²) in [4.78, 5) is 11.8. The van der Waals surface area contributed by atoms with Crippen LogP contribution in [-0.2, 0) is 4.79 Å². The van der Waals surface area contributed by atoms with Gasteiger partial charge in [0.25, 0.3) is 0 Å². The molecule has 0 aliphatic rings. The van der Waals surface area contributed by atoms with Crippen LogP contribution >= 0.6 is 0 Å². The van der Waals surface area contributed by atoms with E-state index in [0.717, 1.165) is 0 Å². The SMILES string of the molecule is CC(C)(CN)CC(=O)NCC(C)(C)C(C)(C)C. The molecule has 0 radical (unpaired) electrons. The van der Waals surface area contributed by atoms with Gasteiger partial charge in [0.15, 0.2) is 0 Å². The van der Waals surface area contributed by atoms with Crippen molar-refractivity contribution >= 4 is 5.91 Å². The van der Waals surface area contributed by atoms with Crippen LogP contribution in [0.15, 0.2) is 0 Å². The van der Waals surface area contributed by atoms with E-state index in [2.05, 4.69) is 39.9 Å². The average Bonchev–Trinajstić information content (AvgIpc) is 2.12. The van der Waals surface area contributed by atoms with Crippen LogP contribution in [0.5, 0.6) is 0 Å². The number of nitrogens with one attached hydrogen (secondary N) is 1. The van der Waals surface area contributed by atoms with Gasteiger partial charge in [0.05, 0.1) is 0 Å². The molecular formula is C14H30N2O. The Morgan fingerprint density at radius 2 is 1.53 bits per heavy atom. The second-order valence-corrected chi connectivity index (χ2v) is 7.46. The predicted molar refractivity (Wildman–Crippen MR) is 73.7 cm³/mol. The van der Waals surface area contributed by atoms with Gasteiger partial charge in [0.2, 0.25) is 5.91 Å². The fourth-order valence-corrected chi connectivity index (χ4v) is 1.15. The van der Waals surface area contributed by atoms with Gasteiger partial charge in [0, 0.05) is 13.0 Å². The van der Waals surface area contributed by atoms with E-state index in [-0.39, 0.29) is 22.2 Å². The van der Waals surface area contributed by atoms with E-state index in [1.54, 1.807) is 0 Å². The van der Waals surface area contributed by atoms with Crippen LogP contribution in [0.4, 0.5) is 0 Å². The van der Waals surface area contributed by atoms with Crippen molar-refractivity contribution < 1.29 is 4.79 Å². The molecule has 0 bridgehead atoms. The maximum Gasteiger partial charge on any atom is 0.220 e. The lowest BCUT2D eigenvalue weighted by Gasteiger charge is -2.39. The van der Waals surface area contributed by atoms with Crippen molar-refractivity contribution in [3.63, 3.8) is 0 Å². The highest BCUT2D eigenvalue weighted by atomic mass is 16.1. The lowest BCUT2D eigenvalue weighted by Crippen LogP contribution is -2.43. The first-order valence-corrected chi connectivity index (χ1v) is 6.38. The molecule has 102 valence electrons. The van der Waals surface area contributed by atoms with Gasteiger partial charge in [-0.15, -0.1) is 0 Å². The molecule has 0 aliphatic carbocycles. The van der Waals surface area contributed by atoms with Gasteiger partial charge in [-0.2, -0.15) is 0 Å². The Morgan fingerprint density at radius 3 is 1.88 bits per heavy atom. The second kappa shape index (κ2) is 5.38. The number of hydrogen-bond donors (Lipinski definition) is 2. The van der Waals surface area contributed by atoms with E-state index in [0.29, 0.717) is 19.5 Å². The first-order valence-electron chi connectivity index (χ1n) is 6.38. The monoisotopic (exact) mass is 242 g/mol. The van der Waals surface area contributed by atoms with E-state index in [1.165, 1.54) is 0 Å². The zero-order chi connectivity index (χ0) is 13.9. The number of carbonyl (C=O) groups excluding carboxylic acids is 1. The quantitative estimate of drug-likeness (QED) is 0.778. The molecule has 0 aromatic heterocycles. The van der Waals surface area contributed by atoms with Crippen molar-refractivity contribution in [3.05, 3.63) is 0 Å². The largest absolute Gasteiger partial charge is 0.356 e. The van der Waals surface area contributed by atoms with E-state index < -0.39 is 0 Å². The predicted octanol–water partition coefficient (Wildman–Crippen LogP) is 2.55. The van der Waals surface area contributed by atoms with Crippen molar-refractivity contribution in [2.45, 2.75) is 54.9 Å². The molecular weight excluding hydrogens is 212 g/mol. The van der Waals surface area contributed by atoms with Gasteiger partial charge in [0.1, 0.15) is 0 Å². The van der Waals surface area contributed by atoms with Crippen molar-refractivity contribution in [2.75, 3.05) is 13.1 Å². The normalized spacial score (nSPS) is 13.6. The topological polar surface area (TPSA) is 55.1 Å². The summed E-state index contributed by atoms with van der Waals surface area (Å²) < 4.78 is 0. The first kappa shape index (κ1) is 16.4. The number of hydrogen-bond acceptors (Lipinski definition) is 2. The van der Waals surface area contributed by atoms with Crippen LogP contribution < -0.4 is 11.1 Å². The lowest BCUT2D eigenvalue weighted by atomic mass is 9.69. The molecule has 3 nitrogen and oxygen atoms in total. The van der Waals surface area contributed by atoms with Crippen molar-refractivity contribution in [3.8, 4) is 0 Å². The van der Waals surface area contributed by atoms with E-state index in [9.17, 15) is 4.79 Å². The van der Waals surface area contributed by atoms with E-state index in [1.807, 2.05) is 13.8 Å². The zero-order valence-electron chi connectivity index (χ0n) is 12.6. The molecule has 0 fully saturated rings. The molecule has 3 heteroatoms.